The molecule has 0 bridgehead atoms. The van der Waals surface area contributed by atoms with Crippen LogP contribution in [0, 0.1) is 0 Å². The zero-order valence-electron chi connectivity index (χ0n) is 22.7. The van der Waals surface area contributed by atoms with Crippen molar-refractivity contribution in [3.8, 4) is 0 Å². The molecule has 2 N–H and O–H groups in total. The summed E-state index contributed by atoms with van der Waals surface area (Å²) >= 11 is 0. The second kappa shape index (κ2) is 9.35. The van der Waals surface area contributed by atoms with Crippen molar-refractivity contribution in [3.63, 3.8) is 0 Å². The highest BCUT2D eigenvalue weighted by molar-refractivity contribution is 6.74. The molecular weight excluding hydrogens is 488 g/mol. The quantitative estimate of drug-likeness (QED) is 0.372. The number of nitrogens with zero attached hydrogens (tertiary/aromatic N) is 2. The van der Waals surface area contributed by atoms with Gasteiger partial charge in [-0.2, -0.15) is 13.8 Å². The number of ether oxygens (including phenoxy) is 1. The van der Waals surface area contributed by atoms with E-state index in [0.29, 0.717) is 0 Å². The number of halogens is 2. The third-order valence-electron chi connectivity index (χ3n) is 7.59. The third-order valence-corrected chi connectivity index (χ3v) is 16.5. The van der Waals surface area contributed by atoms with Crippen LogP contribution in [0.5, 0.6) is 0 Å². The van der Waals surface area contributed by atoms with E-state index in [9.17, 15) is 4.79 Å². The minimum atomic E-state index is -3.61. The topological polar surface area (TPSA) is 88.6 Å². The van der Waals surface area contributed by atoms with Crippen LogP contribution in [0.1, 0.15) is 47.8 Å². The maximum Gasteiger partial charge on any atom is 0.351 e. The summed E-state index contributed by atoms with van der Waals surface area (Å²) in [5, 5.41) is -0.523. The van der Waals surface area contributed by atoms with Crippen LogP contribution in [0.15, 0.2) is 35.4 Å². The Balaban J connectivity index is 2.70. The fraction of sp³-hybridized carbons (Fsp3) is 0.708. The predicted molar refractivity (Wildman–Crippen MR) is 140 cm³/mol. The van der Waals surface area contributed by atoms with Crippen LogP contribution in [-0.4, -0.2) is 50.4 Å². The summed E-state index contributed by atoms with van der Waals surface area (Å²) in [5.41, 5.74) is 5.53. The molecule has 2 rings (SSSR count). The summed E-state index contributed by atoms with van der Waals surface area (Å²) < 4.78 is 52.1. The first kappa shape index (κ1) is 29.6. The Morgan fingerprint density at radius 2 is 1.74 bits per heavy atom. The van der Waals surface area contributed by atoms with Gasteiger partial charge < -0.3 is 19.3 Å². The zero-order valence-corrected chi connectivity index (χ0v) is 24.7. The molecule has 0 unspecified atom stereocenters. The molecule has 1 saturated heterocycles. The Bertz CT molecular complexity index is 1040. The van der Waals surface area contributed by atoms with Crippen LogP contribution in [0.3, 0.4) is 0 Å². The molecule has 1 aromatic heterocycles. The lowest BCUT2D eigenvalue weighted by Crippen LogP contribution is -2.58. The Morgan fingerprint density at radius 3 is 2.20 bits per heavy atom. The molecular formula is C24H41F2N3O4Si2. The number of hydrogen-bond donors (Lipinski definition) is 1. The second-order valence-electron chi connectivity index (χ2n) is 12.3. The van der Waals surface area contributed by atoms with Crippen molar-refractivity contribution < 1.29 is 22.4 Å². The first-order chi connectivity index (χ1) is 15.6. The van der Waals surface area contributed by atoms with Gasteiger partial charge in [-0.25, -0.2) is 4.79 Å². The lowest BCUT2D eigenvalue weighted by atomic mass is 9.95. The lowest BCUT2D eigenvalue weighted by molar-refractivity contribution is -0.140. The van der Waals surface area contributed by atoms with Crippen molar-refractivity contribution in [1.82, 2.24) is 9.55 Å². The summed E-state index contributed by atoms with van der Waals surface area (Å²) in [5.74, 6) is -3.68. The fourth-order valence-corrected chi connectivity index (χ4v) is 5.56. The molecule has 1 aliphatic heterocycles. The van der Waals surface area contributed by atoms with E-state index >= 15 is 8.78 Å². The van der Waals surface area contributed by atoms with Crippen LogP contribution in [-0.2, 0) is 13.6 Å². The summed E-state index contributed by atoms with van der Waals surface area (Å²) in [7, 11) is -5.11. The van der Waals surface area contributed by atoms with Crippen molar-refractivity contribution >= 4 is 22.5 Å². The molecule has 11 heteroatoms. The third kappa shape index (κ3) is 5.70. The average Bonchev–Trinajstić information content (AvgIpc) is 2.87. The molecule has 0 radical (unpaired) electrons. The summed E-state index contributed by atoms with van der Waals surface area (Å²) in [6.07, 6.45) is -1.22. The number of nitrogen functional groups attached to an aromatic ring is 1. The molecule has 0 aromatic carbocycles. The lowest BCUT2D eigenvalue weighted by Gasteiger charge is -2.44. The Labute approximate surface area is 209 Å². The molecule has 1 aromatic rings. The van der Waals surface area contributed by atoms with Gasteiger partial charge in [0.25, 0.3) is 0 Å². The first-order valence-electron chi connectivity index (χ1n) is 11.7. The minimum Gasteiger partial charge on any atom is -0.413 e. The molecule has 7 nitrogen and oxygen atoms in total. The molecule has 2 heterocycles. The molecule has 1 fully saturated rings. The molecule has 3 atom stereocenters. The van der Waals surface area contributed by atoms with E-state index in [1.54, 1.807) is 0 Å². The molecule has 35 heavy (non-hydrogen) atoms. The van der Waals surface area contributed by atoms with Crippen molar-refractivity contribution in [2.24, 2.45) is 0 Å². The van der Waals surface area contributed by atoms with Gasteiger partial charge in [-0.1, -0.05) is 48.1 Å². The van der Waals surface area contributed by atoms with E-state index in [1.165, 1.54) is 12.1 Å². The van der Waals surface area contributed by atoms with Gasteiger partial charge in [0.1, 0.15) is 17.5 Å². The van der Waals surface area contributed by atoms with E-state index in [0.717, 1.165) is 10.8 Å². The molecule has 0 saturated carbocycles. The van der Waals surface area contributed by atoms with Gasteiger partial charge in [0, 0.05) is 6.20 Å². The number of alkyl halides is 2. The largest absolute Gasteiger partial charge is 0.413 e. The standard InChI is InChI=1S/C24H41F2N3O4Si2/c1-12-14-23(16-31-34(8,9)21(2,3)4)18(33-35(10,11)22(5,6)7)24(25,26)19(32-23)29-15-13-17(27)28-20(29)30/h13-15,18-19H,1,16H2,2-11H3,(H2,27,28,30)/t18-,19-,23-/m1/s1. The Kier molecular flexibility index (Phi) is 7.91. The first-order valence-corrected chi connectivity index (χ1v) is 17.5. The highest BCUT2D eigenvalue weighted by Gasteiger charge is 2.69. The van der Waals surface area contributed by atoms with Crippen molar-refractivity contribution in [1.29, 1.82) is 0 Å². The van der Waals surface area contributed by atoms with E-state index in [2.05, 4.69) is 38.1 Å². The van der Waals surface area contributed by atoms with Crippen LogP contribution >= 0.6 is 0 Å². The van der Waals surface area contributed by atoms with Crippen molar-refractivity contribution in [2.75, 3.05) is 12.3 Å². The average molecular weight is 530 g/mol. The fourth-order valence-electron chi connectivity index (χ4n) is 3.24. The van der Waals surface area contributed by atoms with Crippen LogP contribution < -0.4 is 11.4 Å². The zero-order chi connectivity index (χ0) is 27.3. The molecule has 0 aliphatic carbocycles. The molecule has 198 valence electrons. The van der Waals surface area contributed by atoms with Gasteiger partial charge in [0.05, 0.1) is 6.61 Å². The molecule has 1 aliphatic rings. The van der Waals surface area contributed by atoms with Gasteiger partial charge in [-0.05, 0) is 48.4 Å². The van der Waals surface area contributed by atoms with Gasteiger partial charge in [-0.3, -0.25) is 4.57 Å². The monoisotopic (exact) mass is 529 g/mol. The van der Waals surface area contributed by atoms with Crippen LogP contribution in [0.4, 0.5) is 14.6 Å². The SMILES string of the molecule is C=C=C[C@]1(CO[Si](C)(C)C(C)(C)C)O[C@@H](n2ccc(N)nc2=O)C(F)(F)[C@@H]1O[Si](C)(C)C(C)(C)C. The maximum absolute atomic E-state index is 16.3. The maximum atomic E-state index is 16.3. The minimum absolute atomic E-state index is 0.0693. The second-order valence-corrected chi connectivity index (χ2v) is 21.9. The van der Waals surface area contributed by atoms with Crippen LogP contribution in [0.25, 0.3) is 0 Å². The molecule has 0 spiro atoms. The van der Waals surface area contributed by atoms with Crippen LogP contribution in [0.2, 0.25) is 36.3 Å². The van der Waals surface area contributed by atoms with Gasteiger partial charge in [0.15, 0.2) is 16.6 Å². The number of anilines is 1. The van der Waals surface area contributed by atoms with Crippen molar-refractivity contribution in [3.05, 3.63) is 41.1 Å². The molecule has 0 amide bonds. The number of nitrogens with two attached hydrogens (primary N) is 1. The van der Waals surface area contributed by atoms with E-state index in [-0.39, 0.29) is 22.5 Å². The van der Waals surface area contributed by atoms with Gasteiger partial charge in [0.2, 0.25) is 6.23 Å². The number of rotatable bonds is 7. The predicted octanol–water partition coefficient (Wildman–Crippen LogP) is 5.48. The highest BCUT2D eigenvalue weighted by atomic mass is 28.4. The number of aromatic nitrogens is 2. The summed E-state index contributed by atoms with van der Waals surface area (Å²) in [4.78, 5) is 16.2. The van der Waals surface area contributed by atoms with Gasteiger partial charge >= 0.3 is 11.6 Å². The van der Waals surface area contributed by atoms with Crippen molar-refractivity contribution in [2.45, 2.75) is 102 Å². The van der Waals surface area contributed by atoms with E-state index < -0.39 is 46.2 Å². The summed E-state index contributed by atoms with van der Waals surface area (Å²) in [6.45, 7) is 23.4. The highest BCUT2D eigenvalue weighted by Crippen LogP contribution is 2.53. The summed E-state index contributed by atoms with van der Waals surface area (Å²) in [6, 6.07) is 1.28. The normalized spacial score (nSPS) is 25.4. The number of hydrogen-bond acceptors (Lipinski definition) is 6. The van der Waals surface area contributed by atoms with Gasteiger partial charge in [-0.15, -0.1) is 5.73 Å². The Morgan fingerprint density at radius 1 is 1.20 bits per heavy atom. The Hall–Kier alpha value is -1.63. The van der Waals surface area contributed by atoms with E-state index in [1.807, 2.05) is 47.0 Å². The smallest absolute Gasteiger partial charge is 0.351 e. The van der Waals surface area contributed by atoms with E-state index in [4.69, 9.17) is 19.3 Å².